The number of rotatable bonds is 4. The zero-order chi connectivity index (χ0) is 12.3. The van der Waals surface area contributed by atoms with Crippen molar-refractivity contribution in [3.8, 4) is 0 Å². The molecule has 2 rings (SSSR count). The van der Waals surface area contributed by atoms with Crippen molar-refractivity contribution in [2.24, 2.45) is 0 Å². The fraction of sp³-hybridized carbons (Fsp3) is 0.308. The molecule has 2 aromatic rings. The number of hydrogen-bond donors (Lipinski definition) is 1. The van der Waals surface area contributed by atoms with E-state index in [2.05, 4.69) is 23.3 Å². The van der Waals surface area contributed by atoms with Crippen molar-refractivity contribution in [1.29, 1.82) is 0 Å². The molecule has 0 bridgehead atoms. The maximum absolute atomic E-state index is 6.04. The third kappa shape index (κ3) is 3.06. The Kier molecular flexibility index (Phi) is 4.15. The minimum Gasteiger partial charge on any atom is -0.306 e. The van der Waals surface area contributed by atoms with E-state index in [0.717, 1.165) is 16.6 Å². The van der Waals surface area contributed by atoms with Gasteiger partial charge in [-0.1, -0.05) is 30.7 Å². The molecule has 0 amide bonds. The number of aryl methyl sites for hydroxylation is 1. The van der Waals surface area contributed by atoms with Crippen molar-refractivity contribution >= 4 is 22.9 Å². The lowest BCUT2D eigenvalue weighted by molar-refractivity contribution is 0.638. The van der Waals surface area contributed by atoms with Gasteiger partial charge in [-0.25, -0.2) is 4.98 Å². The van der Waals surface area contributed by atoms with Crippen LogP contribution in [0.15, 0.2) is 30.5 Å². The highest BCUT2D eigenvalue weighted by atomic mass is 35.5. The Morgan fingerprint density at radius 2 is 2.29 bits per heavy atom. The van der Waals surface area contributed by atoms with Crippen LogP contribution in [0.5, 0.6) is 0 Å². The van der Waals surface area contributed by atoms with Gasteiger partial charge in [0.25, 0.3) is 0 Å². The number of halogens is 1. The number of benzene rings is 1. The van der Waals surface area contributed by atoms with Crippen LogP contribution in [0.4, 0.5) is 0 Å². The molecule has 2 nitrogen and oxygen atoms in total. The number of nitrogens with zero attached hydrogens (tertiary/aromatic N) is 1. The maximum atomic E-state index is 6.04. The molecule has 0 spiro atoms. The van der Waals surface area contributed by atoms with Crippen LogP contribution in [0, 0.1) is 6.92 Å². The molecule has 1 unspecified atom stereocenters. The minimum absolute atomic E-state index is 0.185. The first-order valence-electron chi connectivity index (χ1n) is 5.62. The second kappa shape index (κ2) is 5.63. The Bertz CT molecular complexity index is 496. The second-order valence-corrected chi connectivity index (χ2v) is 5.53. The minimum atomic E-state index is 0.185. The monoisotopic (exact) mass is 266 g/mol. The summed E-state index contributed by atoms with van der Waals surface area (Å²) >= 11 is 7.76. The summed E-state index contributed by atoms with van der Waals surface area (Å²) in [6.45, 7) is 5.04. The summed E-state index contributed by atoms with van der Waals surface area (Å²) in [7, 11) is 0. The molecule has 0 aliphatic heterocycles. The summed E-state index contributed by atoms with van der Waals surface area (Å²) in [4.78, 5) is 5.54. The molecule has 1 aromatic carbocycles. The summed E-state index contributed by atoms with van der Waals surface area (Å²) in [5, 5.41) is 5.33. The normalized spacial score (nSPS) is 12.6. The van der Waals surface area contributed by atoms with Crippen LogP contribution in [-0.4, -0.2) is 11.5 Å². The van der Waals surface area contributed by atoms with Gasteiger partial charge in [-0.15, -0.1) is 11.3 Å². The van der Waals surface area contributed by atoms with Gasteiger partial charge in [0.15, 0.2) is 0 Å². The summed E-state index contributed by atoms with van der Waals surface area (Å²) < 4.78 is 0. The number of nitrogens with one attached hydrogen (secondary N) is 1. The summed E-state index contributed by atoms with van der Waals surface area (Å²) in [6.07, 6.45) is 1.94. The van der Waals surface area contributed by atoms with Crippen molar-refractivity contribution in [2.45, 2.75) is 19.9 Å². The van der Waals surface area contributed by atoms with E-state index in [4.69, 9.17) is 11.6 Å². The van der Waals surface area contributed by atoms with Gasteiger partial charge in [0.1, 0.15) is 0 Å². The van der Waals surface area contributed by atoms with Crippen LogP contribution in [0.1, 0.15) is 28.4 Å². The third-order valence-corrected chi connectivity index (χ3v) is 3.73. The predicted octanol–water partition coefficient (Wildman–Crippen LogP) is 3.80. The van der Waals surface area contributed by atoms with E-state index in [9.17, 15) is 0 Å². The van der Waals surface area contributed by atoms with Gasteiger partial charge in [-0.3, -0.25) is 0 Å². The van der Waals surface area contributed by atoms with Gasteiger partial charge in [0, 0.05) is 16.1 Å². The Hall–Kier alpha value is -0.900. The topological polar surface area (TPSA) is 24.9 Å². The molecular formula is C13H15ClN2S. The predicted molar refractivity (Wildman–Crippen MR) is 73.8 cm³/mol. The lowest BCUT2D eigenvalue weighted by Gasteiger charge is -2.16. The Morgan fingerprint density at radius 1 is 1.47 bits per heavy atom. The van der Waals surface area contributed by atoms with Gasteiger partial charge in [-0.05, 0) is 31.2 Å². The summed E-state index contributed by atoms with van der Waals surface area (Å²) in [6, 6.07) is 8.16. The Morgan fingerprint density at radius 3 is 2.88 bits per heavy atom. The second-order valence-electron chi connectivity index (χ2n) is 3.83. The Labute approximate surface area is 111 Å². The average Bonchev–Trinajstić information content (AvgIpc) is 2.72. The van der Waals surface area contributed by atoms with Gasteiger partial charge < -0.3 is 5.32 Å². The third-order valence-electron chi connectivity index (χ3n) is 2.51. The molecule has 0 radical (unpaired) electrons. The number of aromatic nitrogens is 1. The standard InChI is InChI=1S/C13H15ClN2S/c1-3-15-13(12-8-16-9(2)17-12)10-5-4-6-11(14)7-10/h4-8,13,15H,3H2,1-2H3. The molecule has 0 aliphatic rings. The molecule has 1 aromatic heterocycles. The van der Waals surface area contributed by atoms with Crippen LogP contribution >= 0.6 is 22.9 Å². The first-order chi connectivity index (χ1) is 8.20. The molecule has 17 heavy (non-hydrogen) atoms. The van der Waals surface area contributed by atoms with Crippen LogP contribution < -0.4 is 5.32 Å². The fourth-order valence-corrected chi connectivity index (χ4v) is 2.87. The van der Waals surface area contributed by atoms with E-state index in [1.807, 2.05) is 31.3 Å². The SMILES string of the molecule is CCNC(c1cccc(Cl)c1)c1cnc(C)s1. The molecule has 0 aliphatic carbocycles. The molecule has 1 heterocycles. The smallest absolute Gasteiger partial charge is 0.0897 e. The van der Waals surface area contributed by atoms with Gasteiger partial charge in [-0.2, -0.15) is 0 Å². The van der Waals surface area contributed by atoms with Crippen molar-refractivity contribution in [1.82, 2.24) is 10.3 Å². The highest BCUT2D eigenvalue weighted by molar-refractivity contribution is 7.11. The molecule has 0 saturated carbocycles. The summed E-state index contributed by atoms with van der Waals surface area (Å²) in [5.74, 6) is 0. The van der Waals surface area contributed by atoms with E-state index in [1.165, 1.54) is 10.4 Å². The summed E-state index contributed by atoms with van der Waals surface area (Å²) in [5.41, 5.74) is 1.18. The maximum Gasteiger partial charge on any atom is 0.0897 e. The highest BCUT2D eigenvalue weighted by Gasteiger charge is 2.15. The first kappa shape index (κ1) is 12.6. The molecule has 4 heteroatoms. The molecular weight excluding hydrogens is 252 g/mol. The van der Waals surface area contributed by atoms with Crippen LogP contribution in [-0.2, 0) is 0 Å². The van der Waals surface area contributed by atoms with Gasteiger partial charge in [0.2, 0.25) is 0 Å². The molecule has 0 fully saturated rings. The van der Waals surface area contributed by atoms with Crippen molar-refractivity contribution in [3.63, 3.8) is 0 Å². The molecule has 90 valence electrons. The fourth-order valence-electron chi connectivity index (χ4n) is 1.78. The number of hydrogen-bond acceptors (Lipinski definition) is 3. The van der Waals surface area contributed by atoms with Crippen LogP contribution in [0.25, 0.3) is 0 Å². The quantitative estimate of drug-likeness (QED) is 0.910. The zero-order valence-electron chi connectivity index (χ0n) is 9.90. The lowest BCUT2D eigenvalue weighted by atomic mass is 10.1. The average molecular weight is 267 g/mol. The van der Waals surface area contributed by atoms with Crippen molar-refractivity contribution < 1.29 is 0 Å². The Balaban J connectivity index is 2.35. The van der Waals surface area contributed by atoms with Crippen LogP contribution in [0.2, 0.25) is 5.02 Å². The van der Waals surface area contributed by atoms with E-state index in [1.54, 1.807) is 11.3 Å². The van der Waals surface area contributed by atoms with Crippen molar-refractivity contribution in [3.05, 3.63) is 50.9 Å². The lowest BCUT2D eigenvalue weighted by Crippen LogP contribution is -2.21. The van der Waals surface area contributed by atoms with E-state index >= 15 is 0 Å². The largest absolute Gasteiger partial charge is 0.306 e. The van der Waals surface area contributed by atoms with Gasteiger partial charge >= 0.3 is 0 Å². The zero-order valence-corrected chi connectivity index (χ0v) is 11.5. The molecule has 1 atom stereocenters. The van der Waals surface area contributed by atoms with E-state index < -0.39 is 0 Å². The van der Waals surface area contributed by atoms with E-state index in [-0.39, 0.29) is 6.04 Å². The molecule has 0 saturated heterocycles. The number of thiazole rings is 1. The molecule has 1 N–H and O–H groups in total. The van der Waals surface area contributed by atoms with Crippen LogP contribution in [0.3, 0.4) is 0 Å². The van der Waals surface area contributed by atoms with Gasteiger partial charge in [0.05, 0.1) is 11.0 Å². The highest BCUT2D eigenvalue weighted by Crippen LogP contribution is 2.28. The van der Waals surface area contributed by atoms with E-state index in [0.29, 0.717) is 0 Å². The van der Waals surface area contributed by atoms with Crippen molar-refractivity contribution in [2.75, 3.05) is 6.54 Å². The first-order valence-corrected chi connectivity index (χ1v) is 6.81.